The van der Waals surface area contributed by atoms with E-state index >= 15 is 0 Å². The number of nitrogens with one attached hydrogen (secondary N) is 2. The van der Waals surface area contributed by atoms with E-state index in [1.165, 1.54) is 0 Å². The van der Waals surface area contributed by atoms with E-state index in [0.717, 1.165) is 31.2 Å². The molecule has 1 fully saturated rings. The van der Waals surface area contributed by atoms with E-state index < -0.39 is 0 Å². The zero-order valence-electron chi connectivity index (χ0n) is 12.1. The Morgan fingerprint density at radius 3 is 3.10 bits per heavy atom. The molecule has 110 valence electrons. The van der Waals surface area contributed by atoms with Gasteiger partial charge in [-0.25, -0.2) is 0 Å². The fourth-order valence-electron chi connectivity index (χ4n) is 2.30. The molecule has 0 spiro atoms. The van der Waals surface area contributed by atoms with Gasteiger partial charge in [-0.05, 0) is 18.6 Å². The third-order valence-corrected chi connectivity index (χ3v) is 3.42. The average Bonchev–Trinajstić information content (AvgIpc) is 3.13. The number of furan rings is 1. The number of guanidine groups is 1. The Bertz CT molecular complexity index is 456. The molecular weight excluding hydrogens is 256 g/mol. The van der Waals surface area contributed by atoms with Crippen molar-refractivity contribution >= 4 is 11.9 Å². The number of carbonyl (C=O) groups is 1. The number of nitrogens with zero attached hydrogens (tertiary/aromatic N) is 2. The Morgan fingerprint density at radius 1 is 1.60 bits per heavy atom. The van der Waals surface area contributed by atoms with Crippen LogP contribution >= 0.6 is 0 Å². The van der Waals surface area contributed by atoms with Crippen molar-refractivity contribution in [3.63, 3.8) is 0 Å². The van der Waals surface area contributed by atoms with Crippen LogP contribution in [0.2, 0.25) is 0 Å². The first-order valence-electron chi connectivity index (χ1n) is 7.00. The van der Waals surface area contributed by atoms with Crippen LogP contribution < -0.4 is 10.6 Å². The van der Waals surface area contributed by atoms with E-state index in [1.54, 1.807) is 13.3 Å². The van der Waals surface area contributed by atoms with E-state index in [-0.39, 0.29) is 11.9 Å². The smallest absolute Gasteiger partial charge is 0.222 e. The van der Waals surface area contributed by atoms with Gasteiger partial charge in [-0.1, -0.05) is 6.92 Å². The molecule has 1 unspecified atom stereocenters. The average molecular weight is 278 g/mol. The molecule has 1 aliphatic heterocycles. The molecule has 0 aliphatic carbocycles. The van der Waals surface area contributed by atoms with Crippen LogP contribution in [0.3, 0.4) is 0 Å². The second-order valence-electron chi connectivity index (χ2n) is 4.83. The molecule has 2 N–H and O–H groups in total. The normalized spacial score (nSPS) is 19.2. The maximum Gasteiger partial charge on any atom is 0.222 e. The molecule has 1 saturated heterocycles. The predicted molar refractivity (Wildman–Crippen MR) is 77.3 cm³/mol. The van der Waals surface area contributed by atoms with Crippen LogP contribution in [0.25, 0.3) is 0 Å². The number of hydrogen-bond donors (Lipinski definition) is 2. The summed E-state index contributed by atoms with van der Waals surface area (Å²) in [5.74, 6) is 1.81. The first-order valence-corrected chi connectivity index (χ1v) is 7.00. The van der Waals surface area contributed by atoms with Crippen LogP contribution in [0.5, 0.6) is 0 Å². The highest BCUT2D eigenvalue weighted by molar-refractivity contribution is 5.80. The molecule has 2 heterocycles. The van der Waals surface area contributed by atoms with E-state index in [0.29, 0.717) is 13.0 Å². The van der Waals surface area contributed by atoms with Gasteiger partial charge in [0.2, 0.25) is 5.91 Å². The highest BCUT2D eigenvalue weighted by Crippen LogP contribution is 2.10. The standard InChI is InChI=1S/C14H22N4O2/c1-3-13(19)18-7-6-11(10-18)17-14(15-2)16-9-12-5-4-8-20-12/h4-5,8,11H,3,6-7,9-10H2,1-2H3,(H2,15,16,17). The Hall–Kier alpha value is -1.98. The van der Waals surface area contributed by atoms with Crippen molar-refractivity contribution in [3.8, 4) is 0 Å². The first-order chi connectivity index (χ1) is 9.72. The molecule has 20 heavy (non-hydrogen) atoms. The highest BCUT2D eigenvalue weighted by Gasteiger charge is 2.25. The van der Waals surface area contributed by atoms with Crippen LogP contribution in [0.1, 0.15) is 25.5 Å². The Morgan fingerprint density at radius 2 is 2.45 bits per heavy atom. The lowest BCUT2D eigenvalue weighted by molar-refractivity contribution is -0.129. The van der Waals surface area contributed by atoms with Gasteiger partial charge in [0.15, 0.2) is 5.96 Å². The summed E-state index contributed by atoms with van der Waals surface area (Å²) in [6, 6.07) is 4.03. The second-order valence-corrected chi connectivity index (χ2v) is 4.83. The number of amides is 1. The van der Waals surface area contributed by atoms with Gasteiger partial charge in [-0.15, -0.1) is 0 Å². The van der Waals surface area contributed by atoms with Gasteiger partial charge in [0.1, 0.15) is 5.76 Å². The molecule has 1 aromatic rings. The summed E-state index contributed by atoms with van der Waals surface area (Å²) in [5.41, 5.74) is 0. The van der Waals surface area contributed by atoms with E-state index in [2.05, 4.69) is 15.6 Å². The number of aliphatic imine (C=N–C) groups is 1. The Labute approximate surface area is 119 Å². The molecule has 2 rings (SSSR count). The van der Waals surface area contributed by atoms with Gasteiger partial charge in [-0.2, -0.15) is 0 Å². The monoisotopic (exact) mass is 278 g/mol. The molecule has 6 nitrogen and oxygen atoms in total. The molecule has 0 radical (unpaired) electrons. The third-order valence-electron chi connectivity index (χ3n) is 3.42. The Kier molecular flexibility index (Phi) is 5.03. The molecule has 6 heteroatoms. The minimum absolute atomic E-state index is 0.216. The van der Waals surface area contributed by atoms with E-state index in [9.17, 15) is 4.79 Å². The lowest BCUT2D eigenvalue weighted by Crippen LogP contribution is -2.44. The van der Waals surface area contributed by atoms with Crippen LogP contribution in [0.4, 0.5) is 0 Å². The molecule has 0 bridgehead atoms. The summed E-state index contributed by atoms with van der Waals surface area (Å²) in [5, 5.41) is 6.54. The lowest BCUT2D eigenvalue weighted by atomic mass is 10.3. The van der Waals surface area contributed by atoms with Crippen molar-refractivity contribution in [1.82, 2.24) is 15.5 Å². The van der Waals surface area contributed by atoms with Crippen LogP contribution in [-0.4, -0.2) is 42.9 Å². The minimum atomic E-state index is 0.216. The summed E-state index contributed by atoms with van der Waals surface area (Å²) in [4.78, 5) is 17.7. The first kappa shape index (κ1) is 14.4. The molecule has 1 aromatic heterocycles. The van der Waals surface area contributed by atoms with E-state index in [4.69, 9.17) is 4.42 Å². The predicted octanol–water partition coefficient (Wildman–Crippen LogP) is 0.956. The van der Waals surface area contributed by atoms with Crippen molar-refractivity contribution in [2.75, 3.05) is 20.1 Å². The SMILES string of the molecule is CCC(=O)N1CCC(NC(=NC)NCc2ccco2)C1. The van der Waals surface area contributed by atoms with Gasteiger partial charge < -0.3 is 20.0 Å². The molecule has 0 saturated carbocycles. The molecule has 0 aromatic carbocycles. The molecule has 1 atom stereocenters. The van der Waals surface area contributed by atoms with Gasteiger partial charge in [0.05, 0.1) is 12.8 Å². The lowest BCUT2D eigenvalue weighted by Gasteiger charge is -2.18. The molecular formula is C14H22N4O2. The summed E-state index contributed by atoms with van der Waals surface area (Å²) < 4.78 is 5.26. The zero-order chi connectivity index (χ0) is 14.4. The summed E-state index contributed by atoms with van der Waals surface area (Å²) in [6.45, 7) is 4.05. The van der Waals surface area contributed by atoms with Crippen molar-refractivity contribution in [1.29, 1.82) is 0 Å². The summed E-state index contributed by atoms with van der Waals surface area (Å²) in [7, 11) is 1.74. The number of likely N-dealkylation sites (tertiary alicyclic amines) is 1. The fourth-order valence-corrected chi connectivity index (χ4v) is 2.30. The number of carbonyl (C=O) groups excluding carboxylic acids is 1. The molecule has 1 aliphatic rings. The molecule has 1 amide bonds. The van der Waals surface area contributed by atoms with Crippen LogP contribution in [0, 0.1) is 0 Å². The minimum Gasteiger partial charge on any atom is -0.467 e. The quantitative estimate of drug-likeness (QED) is 0.635. The highest BCUT2D eigenvalue weighted by atomic mass is 16.3. The maximum absolute atomic E-state index is 11.6. The van der Waals surface area contributed by atoms with Gasteiger partial charge in [-0.3, -0.25) is 9.79 Å². The maximum atomic E-state index is 11.6. The summed E-state index contributed by atoms with van der Waals surface area (Å²) in [6.07, 6.45) is 3.17. The van der Waals surface area contributed by atoms with Crippen LogP contribution in [0.15, 0.2) is 27.8 Å². The van der Waals surface area contributed by atoms with Crippen molar-refractivity contribution in [2.24, 2.45) is 4.99 Å². The van der Waals surface area contributed by atoms with Crippen molar-refractivity contribution in [3.05, 3.63) is 24.2 Å². The third kappa shape index (κ3) is 3.76. The number of hydrogen-bond acceptors (Lipinski definition) is 3. The van der Waals surface area contributed by atoms with Gasteiger partial charge in [0, 0.05) is 32.6 Å². The second kappa shape index (κ2) is 6.98. The van der Waals surface area contributed by atoms with E-state index in [1.807, 2.05) is 24.0 Å². The zero-order valence-corrected chi connectivity index (χ0v) is 12.1. The fraction of sp³-hybridized carbons (Fsp3) is 0.571. The van der Waals surface area contributed by atoms with Gasteiger partial charge >= 0.3 is 0 Å². The number of rotatable bonds is 4. The summed E-state index contributed by atoms with van der Waals surface area (Å²) >= 11 is 0. The van der Waals surface area contributed by atoms with Crippen molar-refractivity contribution in [2.45, 2.75) is 32.4 Å². The van der Waals surface area contributed by atoms with Gasteiger partial charge in [0.25, 0.3) is 0 Å². The van der Waals surface area contributed by atoms with Crippen LogP contribution in [-0.2, 0) is 11.3 Å². The Balaban J connectivity index is 1.78. The topological polar surface area (TPSA) is 69.9 Å². The van der Waals surface area contributed by atoms with Crippen molar-refractivity contribution < 1.29 is 9.21 Å². The largest absolute Gasteiger partial charge is 0.467 e.